The smallest absolute Gasteiger partial charge is 0.165 e. The number of hydrogen-bond donors (Lipinski definition) is 0. The number of para-hydroxylation sites is 1. The first kappa shape index (κ1) is 32.3. The number of rotatable bonds is 5. The van der Waals surface area contributed by atoms with Crippen LogP contribution in [-0.2, 0) is 0 Å². The molecule has 12 aromatic rings. The van der Waals surface area contributed by atoms with E-state index >= 15 is 0 Å². The molecule has 0 fully saturated rings. The third-order valence-corrected chi connectivity index (χ3v) is 13.4. The van der Waals surface area contributed by atoms with E-state index in [-0.39, 0.29) is 0 Å². The van der Waals surface area contributed by atoms with Crippen molar-refractivity contribution in [2.24, 2.45) is 0 Å². The second-order valence-corrected chi connectivity index (χ2v) is 16.5. The van der Waals surface area contributed by atoms with Crippen molar-refractivity contribution < 1.29 is 0 Å². The highest BCUT2D eigenvalue weighted by Gasteiger charge is 2.19. The lowest BCUT2D eigenvalue weighted by atomic mass is 10.1. The summed E-state index contributed by atoms with van der Waals surface area (Å²) in [5.41, 5.74) is 8.66. The molecular weight excluding hydrogens is 733 g/mol. The summed E-state index contributed by atoms with van der Waals surface area (Å²) < 4.78 is 7.28. The average Bonchev–Trinajstić information content (AvgIpc) is 3.96. The van der Waals surface area contributed by atoms with Gasteiger partial charge >= 0.3 is 0 Å². The SMILES string of the molecule is c1ccc(-c2ccc(-n3c4ccccc4c4ccc(-c5nc(-c6ccc7c(c6)sc6ccccc67)nc(-c6cccc7c6sc6ccccc67)n5)cc43)cc2)cc1. The lowest BCUT2D eigenvalue weighted by Gasteiger charge is -2.11. The van der Waals surface area contributed by atoms with Gasteiger partial charge in [-0.15, -0.1) is 22.7 Å². The summed E-state index contributed by atoms with van der Waals surface area (Å²) in [6.45, 7) is 0. The zero-order chi connectivity index (χ0) is 37.5. The van der Waals surface area contributed by atoms with Crippen LogP contribution in [0, 0.1) is 0 Å². The Morgan fingerprint density at radius 3 is 1.67 bits per heavy atom. The number of benzene rings is 8. The summed E-state index contributed by atoms with van der Waals surface area (Å²) in [7, 11) is 0. The summed E-state index contributed by atoms with van der Waals surface area (Å²) in [6.07, 6.45) is 0. The van der Waals surface area contributed by atoms with E-state index in [9.17, 15) is 0 Å². The molecule has 0 spiro atoms. The first-order valence-electron chi connectivity index (χ1n) is 19.0. The molecule has 8 aromatic carbocycles. The quantitative estimate of drug-likeness (QED) is 0.175. The van der Waals surface area contributed by atoms with E-state index in [0.29, 0.717) is 17.5 Å². The summed E-state index contributed by atoms with van der Waals surface area (Å²) in [5.74, 6) is 1.97. The molecular formula is C51H30N4S2. The molecule has 4 heterocycles. The molecule has 0 saturated heterocycles. The molecule has 0 radical (unpaired) electrons. The number of hydrogen-bond acceptors (Lipinski definition) is 5. The van der Waals surface area contributed by atoms with Crippen molar-refractivity contribution >= 4 is 84.8 Å². The molecule has 0 aliphatic heterocycles. The van der Waals surface area contributed by atoms with E-state index in [0.717, 1.165) is 33.4 Å². The van der Waals surface area contributed by atoms with Gasteiger partial charge in [0, 0.05) is 73.5 Å². The highest BCUT2D eigenvalue weighted by atomic mass is 32.1. The number of thiophene rings is 2. The molecule has 0 unspecified atom stereocenters. The van der Waals surface area contributed by atoms with E-state index in [1.54, 1.807) is 22.7 Å². The summed E-state index contributed by atoms with van der Waals surface area (Å²) in [5, 5.41) is 7.37. The van der Waals surface area contributed by atoms with Crippen LogP contribution in [0.3, 0.4) is 0 Å². The highest BCUT2D eigenvalue weighted by molar-refractivity contribution is 7.26. The van der Waals surface area contributed by atoms with Crippen molar-refractivity contribution in [3.8, 4) is 51.0 Å². The molecule has 0 aliphatic carbocycles. The molecule has 12 rings (SSSR count). The van der Waals surface area contributed by atoms with Gasteiger partial charge in [0.1, 0.15) is 0 Å². The lowest BCUT2D eigenvalue weighted by Crippen LogP contribution is -2.00. The fourth-order valence-corrected chi connectivity index (χ4v) is 10.7. The van der Waals surface area contributed by atoms with E-state index in [2.05, 4.69) is 187 Å². The van der Waals surface area contributed by atoms with E-state index in [1.807, 2.05) is 0 Å². The summed E-state index contributed by atoms with van der Waals surface area (Å²) in [6, 6.07) is 65.0. The maximum Gasteiger partial charge on any atom is 0.165 e. The molecule has 57 heavy (non-hydrogen) atoms. The molecule has 4 nitrogen and oxygen atoms in total. The van der Waals surface area contributed by atoms with E-state index in [1.165, 1.54) is 62.2 Å². The third kappa shape index (κ3) is 5.22. The van der Waals surface area contributed by atoms with Gasteiger partial charge in [0.05, 0.1) is 11.0 Å². The van der Waals surface area contributed by atoms with E-state index < -0.39 is 0 Å². The van der Waals surface area contributed by atoms with Crippen LogP contribution in [-0.4, -0.2) is 19.5 Å². The van der Waals surface area contributed by atoms with Gasteiger partial charge in [-0.2, -0.15) is 0 Å². The summed E-state index contributed by atoms with van der Waals surface area (Å²) in [4.78, 5) is 15.8. The zero-order valence-electron chi connectivity index (χ0n) is 30.4. The van der Waals surface area contributed by atoms with Crippen LogP contribution in [0.4, 0.5) is 0 Å². The van der Waals surface area contributed by atoms with Gasteiger partial charge in [0.2, 0.25) is 0 Å². The molecule has 0 atom stereocenters. The minimum Gasteiger partial charge on any atom is -0.309 e. The molecule has 0 aliphatic rings. The van der Waals surface area contributed by atoms with Crippen molar-refractivity contribution in [1.82, 2.24) is 19.5 Å². The standard InChI is InChI=1S/C51H30N4S2/c1-2-11-31(12-3-1)32-21-25-35(26-22-32)55-43-18-7-4-13-36(43)37-27-23-33(29-44(37)55)49-52-50(34-24-28-40-38-14-5-8-19-45(38)56-47(40)30-34)54-51(53-49)42-17-10-16-41-39-15-6-9-20-46(39)57-48(41)42/h1-30H. The fourth-order valence-electron chi connectivity index (χ4n) is 8.36. The van der Waals surface area contributed by atoms with E-state index in [4.69, 9.17) is 15.0 Å². The van der Waals surface area contributed by atoms with Crippen LogP contribution in [0.5, 0.6) is 0 Å². The molecule has 0 amide bonds. The molecule has 0 bridgehead atoms. The number of nitrogens with zero attached hydrogens (tertiary/aromatic N) is 4. The Morgan fingerprint density at radius 1 is 0.333 bits per heavy atom. The first-order chi connectivity index (χ1) is 28.2. The highest BCUT2D eigenvalue weighted by Crippen LogP contribution is 2.41. The van der Waals surface area contributed by atoms with Crippen molar-refractivity contribution in [2.75, 3.05) is 0 Å². The first-order valence-corrected chi connectivity index (χ1v) is 20.6. The molecule has 0 saturated carbocycles. The van der Waals surface area contributed by atoms with Crippen molar-refractivity contribution in [1.29, 1.82) is 0 Å². The fraction of sp³-hybridized carbons (Fsp3) is 0. The van der Waals surface area contributed by atoms with Gasteiger partial charge in [-0.05, 0) is 59.7 Å². The third-order valence-electron chi connectivity index (χ3n) is 11.1. The van der Waals surface area contributed by atoms with Crippen molar-refractivity contribution in [3.05, 3.63) is 182 Å². The van der Waals surface area contributed by atoms with Gasteiger partial charge in [-0.25, -0.2) is 15.0 Å². The Morgan fingerprint density at radius 2 is 0.877 bits per heavy atom. The monoisotopic (exact) mass is 762 g/mol. The minimum absolute atomic E-state index is 0.641. The van der Waals surface area contributed by atoms with Gasteiger partial charge in [-0.1, -0.05) is 133 Å². The maximum absolute atomic E-state index is 5.30. The lowest BCUT2D eigenvalue weighted by molar-refractivity contribution is 1.08. The van der Waals surface area contributed by atoms with Crippen LogP contribution in [0.15, 0.2) is 182 Å². The molecule has 4 aromatic heterocycles. The predicted molar refractivity (Wildman–Crippen MR) is 242 cm³/mol. The van der Waals surface area contributed by atoms with Crippen molar-refractivity contribution in [3.63, 3.8) is 0 Å². The second-order valence-electron chi connectivity index (χ2n) is 14.4. The normalized spacial score (nSPS) is 11.9. The van der Waals surface area contributed by atoms with Gasteiger partial charge < -0.3 is 4.57 Å². The van der Waals surface area contributed by atoms with Crippen LogP contribution >= 0.6 is 22.7 Å². The van der Waals surface area contributed by atoms with Crippen LogP contribution < -0.4 is 0 Å². The predicted octanol–water partition coefficient (Wildman–Crippen LogP) is 14.4. The van der Waals surface area contributed by atoms with Crippen LogP contribution in [0.2, 0.25) is 0 Å². The Balaban J connectivity index is 1.07. The van der Waals surface area contributed by atoms with Crippen LogP contribution in [0.25, 0.3) is 113 Å². The van der Waals surface area contributed by atoms with Crippen LogP contribution in [0.1, 0.15) is 0 Å². The maximum atomic E-state index is 5.30. The van der Waals surface area contributed by atoms with Gasteiger partial charge in [0.25, 0.3) is 0 Å². The number of aromatic nitrogens is 4. The topological polar surface area (TPSA) is 43.6 Å². The Hall–Kier alpha value is -6.99. The average molecular weight is 763 g/mol. The largest absolute Gasteiger partial charge is 0.309 e. The number of fused-ring (bicyclic) bond motifs is 9. The molecule has 0 N–H and O–H groups in total. The van der Waals surface area contributed by atoms with Gasteiger partial charge in [-0.3, -0.25) is 0 Å². The van der Waals surface area contributed by atoms with Gasteiger partial charge in [0.15, 0.2) is 17.5 Å². The van der Waals surface area contributed by atoms with Crippen molar-refractivity contribution in [2.45, 2.75) is 0 Å². The molecule has 6 heteroatoms. The Labute approximate surface area is 335 Å². The summed E-state index contributed by atoms with van der Waals surface area (Å²) >= 11 is 3.60. The zero-order valence-corrected chi connectivity index (χ0v) is 32.1. The Kier molecular flexibility index (Phi) is 7.24. The molecule has 266 valence electrons. The minimum atomic E-state index is 0.641. The second kappa shape index (κ2) is 12.8. The Bertz CT molecular complexity index is 3520.